The van der Waals surface area contributed by atoms with Gasteiger partial charge in [0.2, 0.25) is 5.91 Å². The third-order valence-electron chi connectivity index (χ3n) is 5.14. The Morgan fingerprint density at radius 3 is 2.82 bits per heavy atom. The lowest BCUT2D eigenvalue weighted by Crippen LogP contribution is -2.48. The van der Waals surface area contributed by atoms with Crippen LogP contribution in [0, 0.1) is 11.3 Å². The lowest BCUT2D eigenvalue weighted by Gasteiger charge is -2.39. The van der Waals surface area contributed by atoms with Gasteiger partial charge in [-0.1, -0.05) is 36.6 Å². The Labute approximate surface area is 143 Å². The van der Waals surface area contributed by atoms with Crippen molar-refractivity contribution in [1.29, 1.82) is 0 Å². The second kappa shape index (κ2) is 7.20. The summed E-state index contributed by atoms with van der Waals surface area (Å²) >= 11 is 5.92. The fraction of sp³-hybridized carbons (Fsp3) is 0.588. The summed E-state index contributed by atoms with van der Waals surface area (Å²) in [5.74, 6) is 0.832. The van der Waals surface area contributed by atoms with Crippen LogP contribution in [0.4, 0.5) is 0 Å². The first-order valence-electron chi connectivity index (χ1n) is 7.82. The predicted molar refractivity (Wildman–Crippen MR) is 92.4 cm³/mol. The Bertz CT molecular complexity index is 520. The van der Waals surface area contributed by atoms with Crippen molar-refractivity contribution in [2.75, 3.05) is 20.1 Å². The van der Waals surface area contributed by atoms with Crippen LogP contribution in [0.25, 0.3) is 0 Å². The summed E-state index contributed by atoms with van der Waals surface area (Å²) < 4.78 is 0. The van der Waals surface area contributed by atoms with E-state index >= 15 is 0 Å². The molecule has 1 aromatic rings. The van der Waals surface area contributed by atoms with E-state index < -0.39 is 0 Å². The average Bonchev–Trinajstić information content (AvgIpc) is 2.93. The molecule has 1 aliphatic heterocycles. The van der Waals surface area contributed by atoms with Gasteiger partial charge in [-0.15, -0.1) is 12.4 Å². The van der Waals surface area contributed by atoms with Crippen LogP contribution in [0.5, 0.6) is 0 Å². The van der Waals surface area contributed by atoms with Crippen molar-refractivity contribution in [1.82, 2.24) is 10.2 Å². The topological polar surface area (TPSA) is 32.3 Å². The maximum absolute atomic E-state index is 13.0. The molecule has 3 rings (SSSR count). The maximum atomic E-state index is 13.0. The molecule has 2 aliphatic rings. The molecule has 0 radical (unpaired) electrons. The molecule has 1 heterocycles. The number of nitrogens with zero attached hydrogens (tertiary/aromatic N) is 1. The monoisotopic (exact) mass is 342 g/mol. The molecule has 1 saturated carbocycles. The minimum atomic E-state index is -0.153. The molecule has 1 amide bonds. The number of rotatable bonds is 3. The number of hydrogen-bond acceptors (Lipinski definition) is 2. The van der Waals surface area contributed by atoms with E-state index in [1.807, 2.05) is 36.2 Å². The molecule has 1 saturated heterocycles. The van der Waals surface area contributed by atoms with Crippen molar-refractivity contribution >= 4 is 29.9 Å². The first kappa shape index (κ1) is 17.6. The van der Waals surface area contributed by atoms with Gasteiger partial charge in [-0.2, -0.15) is 0 Å². The van der Waals surface area contributed by atoms with Crippen molar-refractivity contribution < 1.29 is 4.79 Å². The van der Waals surface area contributed by atoms with Gasteiger partial charge < -0.3 is 10.2 Å². The van der Waals surface area contributed by atoms with Crippen LogP contribution in [0.1, 0.15) is 31.2 Å². The molecule has 0 unspecified atom stereocenters. The summed E-state index contributed by atoms with van der Waals surface area (Å²) in [6, 6.07) is 7.76. The van der Waals surface area contributed by atoms with Gasteiger partial charge >= 0.3 is 0 Å². The maximum Gasteiger partial charge on any atom is 0.230 e. The van der Waals surface area contributed by atoms with E-state index in [0.717, 1.165) is 30.1 Å². The van der Waals surface area contributed by atoms with E-state index in [-0.39, 0.29) is 17.8 Å². The second-order valence-corrected chi connectivity index (χ2v) is 6.95. The van der Waals surface area contributed by atoms with Crippen LogP contribution < -0.4 is 5.32 Å². The summed E-state index contributed by atoms with van der Waals surface area (Å²) in [6.45, 7) is 2.51. The number of hydrogen-bond donors (Lipinski definition) is 1. The summed E-state index contributed by atoms with van der Waals surface area (Å²) in [5, 5.41) is 4.18. The minimum absolute atomic E-state index is 0. The second-order valence-electron chi connectivity index (χ2n) is 6.52. The summed E-state index contributed by atoms with van der Waals surface area (Å²) in [7, 11) is 1.93. The Morgan fingerprint density at radius 2 is 2.09 bits per heavy atom. The lowest BCUT2D eigenvalue weighted by atomic mass is 9.67. The van der Waals surface area contributed by atoms with Crippen LogP contribution in [0.2, 0.25) is 5.02 Å². The molecule has 2 fully saturated rings. The van der Waals surface area contributed by atoms with Gasteiger partial charge in [0.1, 0.15) is 0 Å². The SMILES string of the molecule is CN(Cc1ccc(Cl)cc1)C(=O)[C@@]12CCCC[C@H]1CNC2.Cl. The third-order valence-corrected chi connectivity index (χ3v) is 5.40. The molecule has 5 heteroatoms. The molecule has 0 bridgehead atoms. The van der Waals surface area contributed by atoms with Gasteiger partial charge in [0.15, 0.2) is 0 Å². The molecule has 1 aliphatic carbocycles. The lowest BCUT2D eigenvalue weighted by molar-refractivity contribution is -0.144. The Morgan fingerprint density at radius 1 is 1.36 bits per heavy atom. The first-order valence-corrected chi connectivity index (χ1v) is 8.20. The highest BCUT2D eigenvalue weighted by Gasteiger charge is 2.50. The number of halogens is 2. The molecule has 0 spiro atoms. The molecular formula is C17H24Cl2N2O. The minimum Gasteiger partial charge on any atom is -0.341 e. The fourth-order valence-electron chi connectivity index (χ4n) is 3.98. The summed E-state index contributed by atoms with van der Waals surface area (Å²) in [6.07, 6.45) is 4.67. The van der Waals surface area contributed by atoms with Gasteiger partial charge in [-0.05, 0) is 43.0 Å². The van der Waals surface area contributed by atoms with Gasteiger partial charge in [0.25, 0.3) is 0 Å². The van der Waals surface area contributed by atoms with E-state index in [2.05, 4.69) is 5.32 Å². The standard InChI is InChI=1S/C17H23ClN2O.ClH/c1-20(11-13-5-7-15(18)8-6-13)16(21)17-9-3-2-4-14(17)10-19-12-17;/h5-8,14,19H,2-4,9-12H2,1H3;1H/t14-,17+;/m0./s1. The van der Waals surface area contributed by atoms with Crippen LogP contribution in [0.3, 0.4) is 0 Å². The van der Waals surface area contributed by atoms with Crippen LogP contribution in [-0.4, -0.2) is 30.9 Å². The van der Waals surface area contributed by atoms with Crippen LogP contribution in [0.15, 0.2) is 24.3 Å². The van der Waals surface area contributed by atoms with Crippen molar-refractivity contribution in [2.45, 2.75) is 32.2 Å². The summed E-state index contributed by atoms with van der Waals surface area (Å²) in [5.41, 5.74) is 0.976. The number of carbonyl (C=O) groups excluding carboxylic acids is 1. The molecule has 122 valence electrons. The van der Waals surface area contributed by atoms with E-state index in [1.165, 1.54) is 19.3 Å². The van der Waals surface area contributed by atoms with Gasteiger partial charge in [0.05, 0.1) is 5.41 Å². The van der Waals surface area contributed by atoms with Crippen LogP contribution >= 0.6 is 24.0 Å². The van der Waals surface area contributed by atoms with Gasteiger partial charge in [-0.25, -0.2) is 0 Å². The molecule has 3 nitrogen and oxygen atoms in total. The smallest absolute Gasteiger partial charge is 0.230 e. The normalized spacial score (nSPS) is 26.9. The number of nitrogens with one attached hydrogen (secondary N) is 1. The zero-order valence-corrected chi connectivity index (χ0v) is 14.6. The zero-order chi connectivity index (χ0) is 14.9. The predicted octanol–water partition coefficient (Wildman–Crippen LogP) is 3.50. The van der Waals surface area contributed by atoms with Crippen molar-refractivity contribution in [3.63, 3.8) is 0 Å². The molecular weight excluding hydrogens is 319 g/mol. The molecule has 1 N–H and O–H groups in total. The Hall–Kier alpha value is -0.770. The Kier molecular flexibility index (Phi) is 5.76. The highest BCUT2D eigenvalue weighted by molar-refractivity contribution is 6.30. The Balaban J connectivity index is 0.00000176. The zero-order valence-electron chi connectivity index (χ0n) is 13.0. The van der Waals surface area contributed by atoms with Crippen molar-refractivity contribution in [3.05, 3.63) is 34.9 Å². The van der Waals surface area contributed by atoms with Crippen molar-refractivity contribution in [2.24, 2.45) is 11.3 Å². The quantitative estimate of drug-likeness (QED) is 0.911. The molecule has 2 atom stereocenters. The van der Waals surface area contributed by atoms with E-state index in [0.29, 0.717) is 18.4 Å². The number of benzene rings is 1. The van der Waals surface area contributed by atoms with E-state index in [4.69, 9.17) is 11.6 Å². The summed E-state index contributed by atoms with van der Waals surface area (Å²) in [4.78, 5) is 14.9. The number of amides is 1. The number of carbonyl (C=O) groups is 1. The molecule has 0 aromatic heterocycles. The highest BCUT2D eigenvalue weighted by Crippen LogP contribution is 2.45. The average molecular weight is 343 g/mol. The van der Waals surface area contributed by atoms with Crippen molar-refractivity contribution in [3.8, 4) is 0 Å². The largest absolute Gasteiger partial charge is 0.341 e. The van der Waals surface area contributed by atoms with Gasteiger partial charge in [-0.3, -0.25) is 4.79 Å². The van der Waals surface area contributed by atoms with Gasteiger partial charge in [0, 0.05) is 25.2 Å². The fourth-order valence-corrected chi connectivity index (χ4v) is 4.11. The highest BCUT2D eigenvalue weighted by atomic mass is 35.5. The van der Waals surface area contributed by atoms with E-state index in [9.17, 15) is 4.79 Å². The number of fused-ring (bicyclic) bond motifs is 1. The molecule has 22 heavy (non-hydrogen) atoms. The first-order chi connectivity index (χ1) is 10.1. The molecule has 1 aromatic carbocycles. The van der Waals surface area contributed by atoms with Crippen LogP contribution in [-0.2, 0) is 11.3 Å². The third kappa shape index (κ3) is 3.27. The van der Waals surface area contributed by atoms with E-state index in [1.54, 1.807) is 0 Å².